The summed E-state index contributed by atoms with van der Waals surface area (Å²) in [4.78, 5) is 4.65. The van der Waals surface area contributed by atoms with Crippen LogP contribution in [0.3, 0.4) is 0 Å². The zero-order valence-electron chi connectivity index (χ0n) is 9.21. The summed E-state index contributed by atoms with van der Waals surface area (Å²) in [5.41, 5.74) is 6.98. The van der Waals surface area contributed by atoms with Gasteiger partial charge in [0.1, 0.15) is 5.82 Å². The third-order valence-corrected chi connectivity index (χ3v) is 3.54. The van der Waals surface area contributed by atoms with Crippen LogP contribution in [0.1, 0.15) is 11.6 Å². The average molecular weight is 248 g/mol. The maximum Gasteiger partial charge on any atom is 0.136 e. The van der Waals surface area contributed by atoms with Gasteiger partial charge in [-0.25, -0.2) is 4.39 Å². The van der Waals surface area contributed by atoms with Gasteiger partial charge in [-0.1, -0.05) is 18.2 Å². The summed E-state index contributed by atoms with van der Waals surface area (Å²) in [6, 6.07) is 10.4. The maximum absolute atomic E-state index is 13.4. The number of rotatable bonds is 4. The molecular formula is C13H13FN2S. The van der Waals surface area contributed by atoms with Crippen molar-refractivity contribution in [3.63, 3.8) is 0 Å². The Hall–Kier alpha value is -1.39. The van der Waals surface area contributed by atoms with Crippen LogP contribution in [0, 0.1) is 5.82 Å². The van der Waals surface area contributed by atoms with Gasteiger partial charge < -0.3 is 5.73 Å². The third-order valence-electron chi connectivity index (χ3n) is 2.37. The molecule has 0 saturated carbocycles. The van der Waals surface area contributed by atoms with Gasteiger partial charge in [0.2, 0.25) is 0 Å². The van der Waals surface area contributed by atoms with Crippen molar-refractivity contribution < 1.29 is 4.39 Å². The molecule has 0 bridgehead atoms. The second kappa shape index (κ2) is 5.80. The molecule has 0 aliphatic carbocycles. The molecule has 2 N–H and O–H groups in total. The number of nitrogens with zero attached hydrogens (tertiary/aromatic N) is 1. The summed E-state index contributed by atoms with van der Waals surface area (Å²) in [6.45, 7) is 0. The van der Waals surface area contributed by atoms with E-state index >= 15 is 0 Å². The molecule has 0 fully saturated rings. The molecule has 1 aromatic heterocycles. The Morgan fingerprint density at radius 2 is 2.06 bits per heavy atom. The Balaban J connectivity index is 1.97. The molecule has 1 atom stereocenters. The minimum absolute atomic E-state index is 0.131. The van der Waals surface area contributed by atoms with Gasteiger partial charge in [0, 0.05) is 29.1 Å². The second-order valence-electron chi connectivity index (χ2n) is 3.63. The van der Waals surface area contributed by atoms with Gasteiger partial charge in [-0.15, -0.1) is 11.8 Å². The van der Waals surface area contributed by atoms with E-state index in [0.29, 0.717) is 10.6 Å². The number of hydrogen-bond donors (Lipinski definition) is 1. The number of thioether (sulfide) groups is 1. The van der Waals surface area contributed by atoms with E-state index in [0.717, 1.165) is 5.56 Å². The van der Waals surface area contributed by atoms with Crippen LogP contribution in [-0.4, -0.2) is 10.7 Å². The van der Waals surface area contributed by atoms with E-state index in [9.17, 15) is 4.39 Å². The van der Waals surface area contributed by atoms with Gasteiger partial charge in [-0.3, -0.25) is 4.98 Å². The first-order valence-corrected chi connectivity index (χ1v) is 6.29. The monoisotopic (exact) mass is 248 g/mol. The second-order valence-corrected chi connectivity index (χ2v) is 4.70. The highest BCUT2D eigenvalue weighted by molar-refractivity contribution is 7.99. The van der Waals surface area contributed by atoms with Crippen molar-refractivity contribution in [2.24, 2.45) is 5.73 Å². The molecule has 0 aliphatic rings. The van der Waals surface area contributed by atoms with E-state index in [1.54, 1.807) is 24.5 Å². The Bertz CT molecular complexity index is 476. The molecule has 2 nitrogen and oxygen atoms in total. The lowest BCUT2D eigenvalue weighted by atomic mass is 10.2. The lowest BCUT2D eigenvalue weighted by Crippen LogP contribution is -2.13. The summed E-state index contributed by atoms with van der Waals surface area (Å²) in [7, 11) is 0. The van der Waals surface area contributed by atoms with Crippen LogP contribution in [0.4, 0.5) is 4.39 Å². The van der Waals surface area contributed by atoms with Crippen LogP contribution in [0.15, 0.2) is 53.7 Å². The van der Waals surface area contributed by atoms with Gasteiger partial charge in [0.15, 0.2) is 0 Å². The Kier molecular flexibility index (Phi) is 4.12. The Morgan fingerprint density at radius 1 is 1.24 bits per heavy atom. The number of halogens is 1. The van der Waals surface area contributed by atoms with E-state index < -0.39 is 0 Å². The van der Waals surface area contributed by atoms with E-state index in [2.05, 4.69) is 4.98 Å². The summed E-state index contributed by atoms with van der Waals surface area (Å²) in [5.74, 6) is 0.433. The van der Waals surface area contributed by atoms with Crippen LogP contribution >= 0.6 is 11.8 Å². The fourth-order valence-electron chi connectivity index (χ4n) is 1.43. The Labute approximate surface area is 104 Å². The Morgan fingerprint density at radius 3 is 2.76 bits per heavy atom. The molecule has 17 heavy (non-hydrogen) atoms. The van der Waals surface area contributed by atoms with E-state index in [4.69, 9.17) is 5.73 Å². The minimum Gasteiger partial charge on any atom is -0.323 e. The molecule has 2 rings (SSSR count). The standard InChI is InChI=1S/C13H13FN2S/c14-11-5-1-2-6-13(11)17-9-12(15)10-4-3-7-16-8-10/h1-8,12H,9,15H2. The van der Waals surface area contributed by atoms with Gasteiger partial charge >= 0.3 is 0 Å². The lowest BCUT2D eigenvalue weighted by Gasteiger charge is -2.11. The number of aromatic nitrogens is 1. The highest BCUT2D eigenvalue weighted by Crippen LogP contribution is 2.25. The molecule has 1 unspecified atom stereocenters. The lowest BCUT2D eigenvalue weighted by molar-refractivity contribution is 0.602. The fraction of sp³-hybridized carbons (Fsp3) is 0.154. The van der Waals surface area contributed by atoms with Crippen LogP contribution < -0.4 is 5.73 Å². The van der Waals surface area contributed by atoms with Crippen LogP contribution in [0.25, 0.3) is 0 Å². The third kappa shape index (κ3) is 3.28. The smallest absolute Gasteiger partial charge is 0.136 e. The molecular weight excluding hydrogens is 235 g/mol. The summed E-state index contributed by atoms with van der Waals surface area (Å²) >= 11 is 1.42. The van der Waals surface area contributed by atoms with Crippen LogP contribution in [0.2, 0.25) is 0 Å². The van der Waals surface area contributed by atoms with Gasteiger partial charge in [-0.2, -0.15) is 0 Å². The molecule has 4 heteroatoms. The first-order valence-electron chi connectivity index (χ1n) is 5.30. The van der Waals surface area contributed by atoms with Crippen molar-refractivity contribution in [1.29, 1.82) is 0 Å². The number of nitrogens with two attached hydrogens (primary N) is 1. The number of hydrogen-bond acceptors (Lipinski definition) is 3. The van der Waals surface area contributed by atoms with Crippen molar-refractivity contribution in [2.45, 2.75) is 10.9 Å². The predicted molar refractivity (Wildman–Crippen MR) is 68.3 cm³/mol. The molecule has 1 aromatic carbocycles. The molecule has 0 radical (unpaired) electrons. The van der Waals surface area contributed by atoms with Crippen molar-refractivity contribution in [3.8, 4) is 0 Å². The zero-order chi connectivity index (χ0) is 12.1. The molecule has 0 saturated heterocycles. The first-order chi connectivity index (χ1) is 8.27. The van der Waals surface area contributed by atoms with Gasteiger partial charge in [-0.05, 0) is 23.8 Å². The van der Waals surface area contributed by atoms with Crippen molar-refractivity contribution >= 4 is 11.8 Å². The first kappa shape index (κ1) is 12.1. The van der Waals surface area contributed by atoms with Gasteiger partial charge in [0.25, 0.3) is 0 Å². The molecule has 0 aliphatic heterocycles. The van der Waals surface area contributed by atoms with E-state index in [1.165, 1.54) is 17.8 Å². The van der Waals surface area contributed by atoms with Crippen LogP contribution in [0.5, 0.6) is 0 Å². The van der Waals surface area contributed by atoms with Crippen molar-refractivity contribution in [1.82, 2.24) is 4.98 Å². The predicted octanol–water partition coefficient (Wildman–Crippen LogP) is 3.01. The van der Waals surface area contributed by atoms with Crippen molar-refractivity contribution in [2.75, 3.05) is 5.75 Å². The maximum atomic E-state index is 13.4. The van der Waals surface area contributed by atoms with Crippen LogP contribution in [-0.2, 0) is 0 Å². The van der Waals surface area contributed by atoms with E-state index in [-0.39, 0.29) is 11.9 Å². The number of pyridine rings is 1. The average Bonchev–Trinajstić information content (AvgIpc) is 2.38. The fourth-order valence-corrected chi connectivity index (χ4v) is 2.37. The zero-order valence-corrected chi connectivity index (χ0v) is 10.0. The quantitative estimate of drug-likeness (QED) is 0.845. The van der Waals surface area contributed by atoms with E-state index in [1.807, 2.05) is 18.2 Å². The van der Waals surface area contributed by atoms with Crippen molar-refractivity contribution in [3.05, 3.63) is 60.2 Å². The number of benzene rings is 1. The molecule has 0 amide bonds. The SMILES string of the molecule is NC(CSc1ccccc1F)c1cccnc1. The summed E-state index contributed by atoms with van der Waals surface area (Å²) in [5, 5.41) is 0. The highest BCUT2D eigenvalue weighted by atomic mass is 32.2. The molecule has 1 heterocycles. The highest BCUT2D eigenvalue weighted by Gasteiger charge is 2.08. The topological polar surface area (TPSA) is 38.9 Å². The molecule has 2 aromatic rings. The minimum atomic E-state index is -0.198. The molecule has 88 valence electrons. The normalized spacial score (nSPS) is 12.4. The summed E-state index contributed by atoms with van der Waals surface area (Å²) in [6.07, 6.45) is 3.45. The summed E-state index contributed by atoms with van der Waals surface area (Å²) < 4.78 is 13.4. The largest absolute Gasteiger partial charge is 0.323 e. The molecule has 0 spiro atoms. The van der Waals surface area contributed by atoms with Gasteiger partial charge in [0.05, 0.1) is 0 Å².